The van der Waals surface area contributed by atoms with Gasteiger partial charge in [0.25, 0.3) is 5.91 Å². The lowest BCUT2D eigenvalue weighted by Crippen LogP contribution is -2.31. The number of benzene rings is 1. The lowest BCUT2D eigenvalue weighted by Gasteiger charge is -2.24. The average Bonchev–Trinajstić information content (AvgIpc) is 2.79. The van der Waals surface area contributed by atoms with Crippen molar-refractivity contribution < 1.29 is 24.2 Å². The molecule has 1 aliphatic heterocycles. The van der Waals surface area contributed by atoms with Crippen LogP contribution in [0.2, 0.25) is 0 Å². The monoisotopic (exact) mass is 316 g/mol. The SMILES string of the molecule is COc1ccc(C2C(C(C)=O)=C(O)C(=O)N2CC#N)cc1OC. The van der Waals surface area contributed by atoms with E-state index in [0.29, 0.717) is 17.1 Å². The quantitative estimate of drug-likeness (QED) is 0.827. The van der Waals surface area contributed by atoms with Crippen LogP contribution in [0.15, 0.2) is 29.5 Å². The van der Waals surface area contributed by atoms with Gasteiger partial charge < -0.3 is 19.5 Å². The van der Waals surface area contributed by atoms with E-state index in [2.05, 4.69) is 0 Å². The second kappa shape index (κ2) is 6.40. The van der Waals surface area contributed by atoms with Gasteiger partial charge in [-0.2, -0.15) is 5.26 Å². The smallest absolute Gasteiger partial charge is 0.290 e. The van der Waals surface area contributed by atoms with Gasteiger partial charge in [0.15, 0.2) is 23.0 Å². The highest BCUT2D eigenvalue weighted by molar-refractivity contribution is 6.08. The number of hydrogen-bond donors (Lipinski definition) is 1. The molecule has 23 heavy (non-hydrogen) atoms. The van der Waals surface area contributed by atoms with Crippen LogP contribution in [-0.2, 0) is 9.59 Å². The first-order valence-corrected chi connectivity index (χ1v) is 6.80. The third-order valence-corrected chi connectivity index (χ3v) is 3.65. The fraction of sp³-hybridized carbons (Fsp3) is 0.312. The summed E-state index contributed by atoms with van der Waals surface area (Å²) in [5.41, 5.74) is 0.512. The fourth-order valence-corrected chi connectivity index (χ4v) is 2.62. The predicted molar refractivity (Wildman–Crippen MR) is 79.9 cm³/mol. The molecule has 2 rings (SSSR count). The maximum absolute atomic E-state index is 12.1. The Labute approximate surface area is 133 Å². The molecule has 1 N–H and O–H groups in total. The second-order valence-corrected chi connectivity index (χ2v) is 4.93. The zero-order valence-electron chi connectivity index (χ0n) is 13.0. The summed E-state index contributed by atoms with van der Waals surface area (Å²) < 4.78 is 10.4. The Morgan fingerprint density at radius 3 is 2.52 bits per heavy atom. The molecule has 1 aromatic carbocycles. The summed E-state index contributed by atoms with van der Waals surface area (Å²) >= 11 is 0. The summed E-state index contributed by atoms with van der Waals surface area (Å²) in [4.78, 5) is 25.2. The molecule has 1 aliphatic rings. The van der Waals surface area contributed by atoms with Crippen molar-refractivity contribution in [3.05, 3.63) is 35.1 Å². The van der Waals surface area contributed by atoms with Crippen LogP contribution in [0.4, 0.5) is 0 Å². The summed E-state index contributed by atoms with van der Waals surface area (Å²) in [6, 6.07) is 5.94. The topological polar surface area (TPSA) is 99.9 Å². The van der Waals surface area contributed by atoms with Crippen LogP contribution in [-0.4, -0.2) is 42.5 Å². The molecule has 0 aliphatic carbocycles. The first kappa shape index (κ1) is 16.4. The normalized spacial score (nSPS) is 17.2. The molecule has 7 heteroatoms. The van der Waals surface area contributed by atoms with E-state index < -0.39 is 23.5 Å². The highest BCUT2D eigenvalue weighted by Crippen LogP contribution is 2.40. The molecule has 0 saturated carbocycles. The van der Waals surface area contributed by atoms with Crippen LogP contribution >= 0.6 is 0 Å². The first-order chi connectivity index (χ1) is 11.0. The lowest BCUT2D eigenvalue weighted by atomic mass is 9.96. The minimum atomic E-state index is -0.834. The molecule has 0 saturated heterocycles. The number of rotatable bonds is 5. The van der Waals surface area contributed by atoms with Crippen molar-refractivity contribution in [2.75, 3.05) is 20.8 Å². The van der Waals surface area contributed by atoms with E-state index in [-0.39, 0.29) is 12.1 Å². The number of ether oxygens (including phenoxy) is 2. The average molecular weight is 316 g/mol. The van der Waals surface area contributed by atoms with Gasteiger partial charge in [0.05, 0.1) is 31.9 Å². The number of carbonyl (C=O) groups is 2. The number of methoxy groups -OCH3 is 2. The van der Waals surface area contributed by atoms with Crippen LogP contribution in [0.1, 0.15) is 18.5 Å². The number of nitriles is 1. The van der Waals surface area contributed by atoms with Crippen LogP contribution in [0.5, 0.6) is 11.5 Å². The van der Waals surface area contributed by atoms with E-state index in [1.54, 1.807) is 18.2 Å². The standard InChI is InChI=1S/C16H16N2O5/c1-9(19)13-14(18(7-6-17)16(21)15(13)20)10-4-5-11(22-2)12(8-10)23-3/h4-5,8,14,20H,7H2,1-3H3. The molecule has 1 aromatic rings. The molecule has 0 aromatic heterocycles. The van der Waals surface area contributed by atoms with Gasteiger partial charge in [-0.1, -0.05) is 6.07 Å². The van der Waals surface area contributed by atoms with Gasteiger partial charge in [0, 0.05) is 0 Å². The molecular weight excluding hydrogens is 300 g/mol. The number of hydrogen-bond acceptors (Lipinski definition) is 6. The van der Waals surface area contributed by atoms with Gasteiger partial charge in [-0.15, -0.1) is 0 Å². The number of amides is 1. The fourth-order valence-electron chi connectivity index (χ4n) is 2.62. The van der Waals surface area contributed by atoms with Gasteiger partial charge in [0.1, 0.15) is 6.54 Å². The lowest BCUT2D eigenvalue weighted by molar-refractivity contribution is -0.128. The van der Waals surface area contributed by atoms with Crippen molar-refractivity contribution in [2.45, 2.75) is 13.0 Å². The summed E-state index contributed by atoms with van der Waals surface area (Å²) in [5, 5.41) is 18.9. The van der Waals surface area contributed by atoms with Crippen molar-refractivity contribution in [1.82, 2.24) is 4.90 Å². The molecular formula is C16H16N2O5. The Hall–Kier alpha value is -3.01. The highest BCUT2D eigenvalue weighted by atomic mass is 16.5. The second-order valence-electron chi connectivity index (χ2n) is 4.93. The Balaban J connectivity index is 2.59. The molecule has 1 unspecified atom stereocenters. The number of nitrogens with zero attached hydrogens (tertiary/aromatic N) is 2. The van der Waals surface area contributed by atoms with Crippen molar-refractivity contribution in [2.24, 2.45) is 0 Å². The largest absolute Gasteiger partial charge is 0.503 e. The van der Waals surface area contributed by atoms with Crippen LogP contribution in [0, 0.1) is 11.3 Å². The van der Waals surface area contributed by atoms with E-state index in [4.69, 9.17) is 14.7 Å². The van der Waals surface area contributed by atoms with Gasteiger partial charge in [-0.3, -0.25) is 9.59 Å². The predicted octanol–water partition coefficient (Wildman–Crippen LogP) is 1.51. The van der Waals surface area contributed by atoms with E-state index in [1.807, 2.05) is 6.07 Å². The highest BCUT2D eigenvalue weighted by Gasteiger charge is 2.42. The third kappa shape index (κ3) is 2.71. The molecule has 1 amide bonds. The summed E-state index contributed by atoms with van der Waals surface area (Å²) in [6.45, 7) is 1.02. The molecule has 1 atom stereocenters. The zero-order chi connectivity index (χ0) is 17.1. The number of aliphatic hydroxyl groups is 1. The first-order valence-electron chi connectivity index (χ1n) is 6.80. The maximum atomic E-state index is 12.1. The Morgan fingerprint density at radius 2 is 2.00 bits per heavy atom. The van der Waals surface area contributed by atoms with Crippen LogP contribution in [0.3, 0.4) is 0 Å². The maximum Gasteiger partial charge on any atom is 0.290 e. The van der Waals surface area contributed by atoms with Gasteiger partial charge in [-0.25, -0.2) is 0 Å². The molecule has 0 fully saturated rings. The minimum absolute atomic E-state index is 0.0301. The summed E-state index contributed by atoms with van der Waals surface area (Å²) in [6.07, 6.45) is 0. The van der Waals surface area contributed by atoms with Crippen LogP contribution in [0.25, 0.3) is 0 Å². The van der Waals surface area contributed by atoms with Gasteiger partial charge >= 0.3 is 0 Å². The Bertz CT molecular complexity index is 732. The Kier molecular flexibility index (Phi) is 4.55. The zero-order valence-corrected chi connectivity index (χ0v) is 13.0. The summed E-state index contributed by atoms with van der Waals surface area (Å²) in [5.74, 6) is -0.881. The molecule has 120 valence electrons. The van der Waals surface area contributed by atoms with Gasteiger partial charge in [0.2, 0.25) is 0 Å². The van der Waals surface area contributed by atoms with Crippen molar-refractivity contribution in [3.63, 3.8) is 0 Å². The molecule has 0 radical (unpaired) electrons. The number of Topliss-reactive ketones (excluding diaryl/α,β-unsaturated/α-hetero) is 1. The minimum Gasteiger partial charge on any atom is -0.503 e. The molecule has 1 heterocycles. The molecule has 0 spiro atoms. The molecule has 0 bridgehead atoms. The number of ketones is 1. The number of aliphatic hydroxyl groups excluding tert-OH is 1. The van der Waals surface area contributed by atoms with Crippen molar-refractivity contribution in [3.8, 4) is 17.6 Å². The summed E-state index contributed by atoms with van der Waals surface area (Å²) in [7, 11) is 2.96. The molecule has 7 nitrogen and oxygen atoms in total. The van der Waals surface area contributed by atoms with Crippen LogP contribution < -0.4 is 9.47 Å². The Morgan fingerprint density at radius 1 is 1.35 bits per heavy atom. The van der Waals surface area contributed by atoms with E-state index in [1.165, 1.54) is 21.1 Å². The number of carbonyl (C=O) groups excluding carboxylic acids is 2. The van der Waals surface area contributed by atoms with Crippen molar-refractivity contribution in [1.29, 1.82) is 5.26 Å². The third-order valence-electron chi connectivity index (χ3n) is 3.65. The van der Waals surface area contributed by atoms with E-state index >= 15 is 0 Å². The van der Waals surface area contributed by atoms with E-state index in [9.17, 15) is 14.7 Å². The van der Waals surface area contributed by atoms with E-state index in [0.717, 1.165) is 4.90 Å². The van der Waals surface area contributed by atoms with Gasteiger partial charge in [-0.05, 0) is 24.6 Å². The van der Waals surface area contributed by atoms with Crippen molar-refractivity contribution >= 4 is 11.7 Å².